The zero-order valence-corrected chi connectivity index (χ0v) is 12.8. The molecule has 3 heterocycles. The first-order valence-corrected chi connectivity index (χ1v) is 7.67. The number of furan rings is 1. The highest BCUT2D eigenvalue weighted by atomic mass is 16.3. The Bertz CT molecular complexity index is 590. The molecule has 1 aliphatic heterocycles. The van der Waals surface area contributed by atoms with Gasteiger partial charge >= 0.3 is 0 Å². The van der Waals surface area contributed by atoms with Crippen LogP contribution >= 0.6 is 0 Å². The van der Waals surface area contributed by atoms with E-state index in [1.807, 2.05) is 29.2 Å². The normalized spacial score (nSPS) is 16.6. The molecule has 0 radical (unpaired) electrons. The molecule has 3 rings (SSSR count). The lowest BCUT2D eigenvalue weighted by Gasteiger charge is -2.36. The monoisotopic (exact) mass is 299 g/mol. The van der Waals surface area contributed by atoms with Crippen molar-refractivity contribution < 1.29 is 9.21 Å². The topological polar surface area (TPSA) is 49.6 Å². The van der Waals surface area contributed by atoms with Crippen molar-refractivity contribution in [2.24, 2.45) is 0 Å². The van der Waals surface area contributed by atoms with Crippen LogP contribution in [0, 0.1) is 0 Å². The van der Waals surface area contributed by atoms with E-state index >= 15 is 0 Å². The Morgan fingerprint density at radius 2 is 2.14 bits per heavy atom. The molecule has 116 valence electrons. The average Bonchev–Trinajstić information content (AvgIpc) is 3.07. The molecule has 22 heavy (non-hydrogen) atoms. The minimum absolute atomic E-state index is 0.0217. The van der Waals surface area contributed by atoms with Gasteiger partial charge in [-0.15, -0.1) is 0 Å². The molecule has 1 aliphatic rings. The van der Waals surface area contributed by atoms with Gasteiger partial charge in [-0.3, -0.25) is 9.78 Å². The SMILES string of the molecule is CN1CCC(N(Cc2ccco2)C(=O)c2ccccn2)CC1. The molecule has 0 aromatic carbocycles. The van der Waals surface area contributed by atoms with E-state index in [0.29, 0.717) is 12.2 Å². The Hall–Kier alpha value is -2.14. The molecule has 2 aromatic rings. The van der Waals surface area contributed by atoms with E-state index in [-0.39, 0.29) is 11.9 Å². The highest BCUT2D eigenvalue weighted by molar-refractivity contribution is 5.92. The van der Waals surface area contributed by atoms with Crippen LogP contribution in [0.5, 0.6) is 0 Å². The number of nitrogens with zero attached hydrogens (tertiary/aromatic N) is 3. The Labute approximate surface area is 130 Å². The van der Waals surface area contributed by atoms with Crippen LogP contribution in [-0.2, 0) is 6.54 Å². The van der Waals surface area contributed by atoms with Crippen LogP contribution in [-0.4, -0.2) is 46.9 Å². The van der Waals surface area contributed by atoms with Crippen LogP contribution in [0.25, 0.3) is 0 Å². The predicted octanol–water partition coefficient (Wildman–Crippen LogP) is 2.41. The van der Waals surface area contributed by atoms with Crippen LogP contribution in [0.2, 0.25) is 0 Å². The number of pyridine rings is 1. The Balaban J connectivity index is 1.80. The molecule has 0 spiro atoms. The van der Waals surface area contributed by atoms with E-state index < -0.39 is 0 Å². The third-order valence-electron chi connectivity index (χ3n) is 4.18. The van der Waals surface area contributed by atoms with Crippen LogP contribution in [0.15, 0.2) is 47.2 Å². The molecule has 0 aliphatic carbocycles. The molecular weight excluding hydrogens is 278 g/mol. The van der Waals surface area contributed by atoms with Crippen LogP contribution in [0.1, 0.15) is 29.1 Å². The second-order valence-electron chi connectivity index (χ2n) is 5.76. The van der Waals surface area contributed by atoms with Crippen LogP contribution in [0.3, 0.4) is 0 Å². The number of likely N-dealkylation sites (tertiary alicyclic amines) is 1. The van der Waals surface area contributed by atoms with E-state index in [1.54, 1.807) is 18.5 Å². The van der Waals surface area contributed by atoms with Gasteiger partial charge in [-0.05, 0) is 57.2 Å². The highest BCUT2D eigenvalue weighted by Gasteiger charge is 2.28. The van der Waals surface area contributed by atoms with Crippen molar-refractivity contribution >= 4 is 5.91 Å². The van der Waals surface area contributed by atoms with Crippen LogP contribution in [0.4, 0.5) is 0 Å². The maximum absolute atomic E-state index is 12.9. The lowest BCUT2D eigenvalue weighted by molar-refractivity contribution is 0.0545. The van der Waals surface area contributed by atoms with E-state index in [9.17, 15) is 4.79 Å². The molecule has 0 saturated carbocycles. The van der Waals surface area contributed by atoms with Crippen molar-refractivity contribution in [2.75, 3.05) is 20.1 Å². The number of carbonyl (C=O) groups excluding carboxylic acids is 1. The van der Waals surface area contributed by atoms with E-state index in [4.69, 9.17) is 4.42 Å². The summed E-state index contributed by atoms with van der Waals surface area (Å²) in [6.45, 7) is 2.51. The molecule has 0 N–H and O–H groups in total. The molecule has 2 aromatic heterocycles. The summed E-state index contributed by atoms with van der Waals surface area (Å²) in [7, 11) is 2.12. The molecule has 1 fully saturated rings. The van der Waals surface area contributed by atoms with Crippen molar-refractivity contribution in [2.45, 2.75) is 25.4 Å². The number of rotatable bonds is 4. The Morgan fingerprint density at radius 1 is 1.32 bits per heavy atom. The third kappa shape index (κ3) is 3.36. The van der Waals surface area contributed by atoms with Gasteiger partial charge < -0.3 is 14.2 Å². The predicted molar refractivity (Wildman–Crippen MR) is 83.3 cm³/mol. The van der Waals surface area contributed by atoms with E-state index in [0.717, 1.165) is 31.7 Å². The third-order valence-corrected chi connectivity index (χ3v) is 4.18. The maximum atomic E-state index is 12.9. The van der Waals surface area contributed by atoms with E-state index in [2.05, 4.69) is 16.9 Å². The van der Waals surface area contributed by atoms with Gasteiger partial charge in [-0.25, -0.2) is 0 Å². The summed E-state index contributed by atoms with van der Waals surface area (Å²) in [6, 6.07) is 9.44. The second-order valence-corrected chi connectivity index (χ2v) is 5.76. The first kappa shape index (κ1) is 14.8. The van der Waals surface area contributed by atoms with Crippen molar-refractivity contribution in [3.8, 4) is 0 Å². The summed E-state index contributed by atoms with van der Waals surface area (Å²) in [6.07, 6.45) is 5.27. The Kier molecular flexibility index (Phi) is 4.53. The fraction of sp³-hybridized carbons (Fsp3) is 0.412. The minimum atomic E-state index is -0.0217. The summed E-state index contributed by atoms with van der Waals surface area (Å²) < 4.78 is 5.44. The van der Waals surface area contributed by atoms with Crippen molar-refractivity contribution in [1.29, 1.82) is 0 Å². The summed E-state index contributed by atoms with van der Waals surface area (Å²) in [5, 5.41) is 0. The number of piperidine rings is 1. The van der Waals surface area contributed by atoms with Gasteiger partial charge in [-0.1, -0.05) is 6.07 Å². The summed E-state index contributed by atoms with van der Waals surface area (Å²) in [4.78, 5) is 21.3. The zero-order valence-electron chi connectivity index (χ0n) is 12.8. The second kappa shape index (κ2) is 6.75. The quantitative estimate of drug-likeness (QED) is 0.870. The van der Waals surface area contributed by atoms with Gasteiger partial charge in [-0.2, -0.15) is 0 Å². The summed E-state index contributed by atoms with van der Waals surface area (Å²) in [5.74, 6) is 0.787. The fourth-order valence-corrected chi connectivity index (χ4v) is 2.88. The number of hydrogen-bond donors (Lipinski definition) is 0. The minimum Gasteiger partial charge on any atom is -0.467 e. The first-order valence-electron chi connectivity index (χ1n) is 7.67. The molecule has 0 unspecified atom stereocenters. The van der Waals surface area contributed by atoms with Crippen molar-refractivity contribution in [3.05, 3.63) is 54.2 Å². The van der Waals surface area contributed by atoms with Gasteiger partial charge in [0.1, 0.15) is 11.5 Å². The first-order chi connectivity index (χ1) is 10.7. The molecule has 0 atom stereocenters. The number of carbonyl (C=O) groups is 1. The van der Waals surface area contributed by atoms with E-state index in [1.165, 1.54) is 0 Å². The van der Waals surface area contributed by atoms with Crippen molar-refractivity contribution in [1.82, 2.24) is 14.8 Å². The number of hydrogen-bond acceptors (Lipinski definition) is 4. The lowest BCUT2D eigenvalue weighted by atomic mass is 10.0. The van der Waals surface area contributed by atoms with Crippen LogP contribution < -0.4 is 0 Å². The molecule has 1 amide bonds. The average molecular weight is 299 g/mol. The molecule has 1 saturated heterocycles. The maximum Gasteiger partial charge on any atom is 0.273 e. The lowest BCUT2D eigenvalue weighted by Crippen LogP contribution is -2.46. The van der Waals surface area contributed by atoms with Gasteiger partial charge in [0, 0.05) is 12.2 Å². The van der Waals surface area contributed by atoms with Gasteiger partial charge in [0.15, 0.2) is 0 Å². The fourth-order valence-electron chi connectivity index (χ4n) is 2.88. The molecule has 5 nitrogen and oxygen atoms in total. The molecule has 5 heteroatoms. The number of amides is 1. The number of aromatic nitrogens is 1. The van der Waals surface area contributed by atoms with Gasteiger partial charge in [0.05, 0.1) is 12.8 Å². The van der Waals surface area contributed by atoms with Gasteiger partial charge in [0.2, 0.25) is 0 Å². The highest BCUT2D eigenvalue weighted by Crippen LogP contribution is 2.20. The zero-order chi connectivity index (χ0) is 15.4. The Morgan fingerprint density at radius 3 is 2.77 bits per heavy atom. The standard InChI is InChI=1S/C17H21N3O2/c1-19-10-7-14(8-11-19)20(13-15-5-4-12-22-15)17(21)16-6-2-3-9-18-16/h2-6,9,12,14H,7-8,10-11,13H2,1H3. The van der Waals surface area contributed by atoms with Gasteiger partial charge in [0.25, 0.3) is 5.91 Å². The smallest absolute Gasteiger partial charge is 0.273 e. The van der Waals surface area contributed by atoms with Crippen molar-refractivity contribution in [3.63, 3.8) is 0 Å². The summed E-state index contributed by atoms with van der Waals surface area (Å²) in [5.41, 5.74) is 0.494. The largest absolute Gasteiger partial charge is 0.467 e. The molecule has 0 bridgehead atoms. The summed E-state index contributed by atoms with van der Waals surface area (Å²) >= 11 is 0. The molecular formula is C17H21N3O2.